The van der Waals surface area contributed by atoms with Gasteiger partial charge in [-0.15, -0.1) is 0 Å². The molecule has 0 aliphatic carbocycles. The first-order chi connectivity index (χ1) is 14.0. The number of para-hydroxylation sites is 1. The highest BCUT2D eigenvalue weighted by molar-refractivity contribution is 7.98. The largest absolute Gasteiger partial charge is 0.361 e. The second-order valence-corrected chi connectivity index (χ2v) is 8.24. The summed E-state index contributed by atoms with van der Waals surface area (Å²) < 4.78 is 6.99. The average molecular weight is 413 g/mol. The molecule has 0 radical (unpaired) electrons. The molecule has 1 aromatic carbocycles. The summed E-state index contributed by atoms with van der Waals surface area (Å²) in [6.45, 7) is 5.83. The molecule has 0 spiro atoms. The first kappa shape index (κ1) is 19.7. The fourth-order valence-electron chi connectivity index (χ4n) is 3.66. The lowest BCUT2D eigenvalue weighted by atomic mass is 10.2. The summed E-state index contributed by atoms with van der Waals surface area (Å²) in [5.74, 6) is 1.63. The fraction of sp³-hybridized carbons (Fsp3) is 0.429. The molecule has 0 saturated carbocycles. The van der Waals surface area contributed by atoms with E-state index in [0.29, 0.717) is 41.3 Å². The zero-order valence-electron chi connectivity index (χ0n) is 16.7. The standard InChI is InChI=1S/C21H24N4O3S/c1-14-17(15(2)28-23-14)13-29-21-22-18-8-4-3-7-16(18)20(27)25(21)12-6-11-24-10-5-9-19(24)26/h3-4,7-8H,5-6,9-13H2,1-2H3. The SMILES string of the molecule is Cc1noc(C)c1CSc1nc2ccccc2c(=O)n1CCCN1CCCC1=O. The van der Waals surface area contributed by atoms with Crippen molar-refractivity contribution >= 4 is 28.6 Å². The Morgan fingerprint density at radius 3 is 2.72 bits per heavy atom. The molecule has 0 N–H and O–H groups in total. The Kier molecular flexibility index (Phi) is 5.71. The van der Waals surface area contributed by atoms with Gasteiger partial charge < -0.3 is 9.42 Å². The molecule has 0 atom stereocenters. The molecule has 1 saturated heterocycles. The van der Waals surface area contributed by atoms with E-state index >= 15 is 0 Å². The van der Waals surface area contributed by atoms with Crippen LogP contribution < -0.4 is 5.56 Å². The second-order valence-electron chi connectivity index (χ2n) is 7.30. The minimum Gasteiger partial charge on any atom is -0.361 e. The molecular weight excluding hydrogens is 388 g/mol. The summed E-state index contributed by atoms with van der Waals surface area (Å²) in [7, 11) is 0. The lowest BCUT2D eigenvalue weighted by Crippen LogP contribution is -2.29. The fourth-order valence-corrected chi connectivity index (χ4v) is 4.84. The molecule has 8 heteroatoms. The van der Waals surface area contributed by atoms with Crippen LogP contribution in [0.15, 0.2) is 38.7 Å². The predicted molar refractivity (Wildman–Crippen MR) is 112 cm³/mol. The molecular formula is C21H24N4O3S. The van der Waals surface area contributed by atoms with Crippen LogP contribution in [0.1, 0.15) is 36.3 Å². The van der Waals surface area contributed by atoms with Crippen LogP contribution in [0.25, 0.3) is 10.9 Å². The van der Waals surface area contributed by atoms with Gasteiger partial charge in [-0.1, -0.05) is 29.1 Å². The third-order valence-corrected chi connectivity index (χ3v) is 6.34. The van der Waals surface area contributed by atoms with Gasteiger partial charge in [-0.3, -0.25) is 14.2 Å². The quantitative estimate of drug-likeness (QED) is 0.437. The number of likely N-dealkylation sites (tertiary alicyclic amines) is 1. The number of rotatable bonds is 7. The number of carbonyl (C=O) groups excluding carboxylic acids is 1. The summed E-state index contributed by atoms with van der Waals surface area (Å²) in [6.07, 6.45) is 2.29. The molecule has 4 rings (SSSR count). The normalized spacial score (nSPS) is 14.3. The molecule has 3 heterocycles. The number of hydrogen-bond donors (Lipinski definition) is 0. The van der Waals surface area contributed by atoms with Crippen molar-refractivity contribution in [1.29, 1.82) is 0 Å². The number of amides is 1. The Morgan fingerprint density at radius 1 is 1.17 bits per heavy atom. The summed E-state index contributed by atoms with van der Waals surface area (Å²) >= 11 is 1.52. The van der Waals surface area contributed by atoms with Gasteiger partial charge >= 0.3 is 0 Å². The van der Waals surface area contributed by atoms with E-state index in [1.807, 2.05) is 43.0 Å². The van der Waals surface area contributed by atoms with Crippen molar-refractivity contribution in [2.45, 2.75) is 50.6 Å². The maximum Gasteiger partial charge on any atom is 0.262 e. The number of benzene rings is 1. The van der Waals surface area contributed by atoms with Crippen molar-refractivity contribution in [1.82, 2.24) is 19.6 Å². The lowest BCUT2D eigenvalue weighted by Gasteiger charge is -2.17. The van der Waals surface area contributed by atoms with Gasteiger partial charge in [-0.25, -0.2) is 4.98 Å². The Bertz CT molecular complexity index is 1090. The van der Waals surface area contributed by atoms with E-state index in [0.717, 1.165) is 36.4 Å². The highest BCUT2D eigenvalue weighted by atomic mass is 32.2. The zero-order valence-corrected chi connectivity index (χ0v) is 17.5. The number of thioether (sulfide) groups is 1. The molecule has 1 aliphatic heterocycles. The first-order valence-electron chi connectivity index (χ1n) is 9.86. The van der Waals surface area contributed by atoms with Crippen LogP contribution >= 0.6 is 11.8 Å². The first-order valence-corrected chi connectivity index (χ1v) is 10.8. The number of carbonyl (C=O) groups is 1. The monoisotopic (exact) mass is 412 g/mol. The third-order valence-electron chi connectivity index (χ3n) is 5.33. The average Bonchev–Trinajstić information content (AvgIpc) is 3.27. The molecule has 1 amide bonds. The molecule has 7 nitrogen and oxygen atoms in total. The Hall–Kier alpha value is -2.61. The highest BCUT2D eigenvalue weighted by Gasteiger charge is 2.20. The van der Waals surface area contributed by atoms with Gasteiger partial charge in [0.05, 0.1) is 16.6 Å². The number of aryl methyl sites for hydroxylation is 2. The van der Waals surface area contributed by atoms with E-state index in [2.05, 4.69) is 5.16 Å². The van der Waals surface area contributed by atoms with E-state index in [1.54, 1.807) is 4.57 Å². The van der Waals surface area contributed by atoms with Gasteiger partial charge in [0.25, 0.3) is 5.56 Å². The molecule has 1 aliphatic rings. The maximum absolute atomic E-state index is 13.1. The Morgan fingerprint density at radius 2 is 2.00 bits per heavy atom. The summed E-state index contributed by atoms with van der Waals surface area (Å²) in [4.78, 5) is 31.6. The van der Waals surface area contributed by atoms with Crippen molar-refractivity contribution in [3.63, 3.8) is 0 Å². The van der Waals surface area contributed by atoms with Gasteiger partial charge in [-0.2, -0.15) is 0 Å². The van der Waals surface area contributed by atoms with Crippen LogP contribution in [0.3, 0.4) is 0 Å². The van der Waals surface area contributed by atoms with Gasteiger partial charge in [0.15, 0.2) is 5.16 Å². The molecule has 3 aromatic rings. The highest BCUT2D eigenvalue weighted by Crippen LogP contribution is 2.25. The smallest absolute Gasteiger partial charge is 0.262 e. The van der Waals surface area contributed by atoms with Crippen LogP contribution in [0.4, 0.5) is 0 Å². The maximum atomic E-state index is 13.1. The second kappa shape index (κ2) is 8.41. The zero-order chi connectivity index (χ0) is 20.4. The van der Waals surface area contributed by atoms with Crippen LogP contribution in [0, 0.1) is 13.8 Å². The molecule has 0 unspecified atom stereocenters. The van der Waals surface area contributed by atoms with E-state index in [9.17, 15) is 9.59 Å². The lowest BCUT2D eigenvalue weighted by molar-refractivity contribution is -0.127. The summed E-state index contributed by atoms with van der Waals surface area (Å²) in [5.41, 5.74) is 2.55. The van der Waals surface area contributed by atoms with Gasteiger partial charge in [0.1, 0.15) is 5.76 Å². The van der Waals surface area contributed by atoms with Gasteiger partial charge in [0, 0.05) is 37.4 Å². The van der Waals surface area contributed by atoms with Crippen LogP contribution in [0.2, 0.25) is 0 Å². The van der Waals surface area contributed by atoms with Crippen molar-refractivity contribution in [3.05, 3.63) is 51.6 Å². The minimum absolute atomic E-state index is 0.0374. The van der Waals surface area contributed by atoms with E-state index in [-0.39, 0.29) is 11.5 Å². The van der Waals surface area contributed by atoms with Crippen molar-refractivity contribution in [2.24, 2.45) is 0 Å². The molecule has 0 bridgehead atoms. The van der Waals surface area contributed by atoms with E-state index in [1.165, 1.54) is 11.8 Å². The van der Waals surface area contributed by atoms with Crippen LogP contribution in [-0.4, -0.2) is 38.6 Å². The van der Waals surface area contributed by atoms with Crippen LogP contribution in [-0.2, 0) is 17.1 Å². The molecule has 152 valence electrons. The number of hydrogen-bond acceptors (Lipinski definition) is 6. The Labute approximate surface area is 173 Å². The van der Waals surface area contributed by atoms with Crippen LogP contribution in [0.5, 0.6) is 0 Å². The summed E-state index contributed by atoms with van der Waals surface area (Å²) in [5, 5.41) is 5.30. The number of fused-ring (bicyclic) bond motifs is 1. The van der Waals surface area contributed by atoms with Crippen molar-refractivity contribution < 1.29 is 9.32 Å². The summed E-state index contributed by atoms with van der Waals surface area (Å²) in [6, 6.07) is 7.42. The van der Waals surface area contributed by atoms with E-state index in [4.69, 9.17) is 9.51 Å². The Balaban J connectivity index is 1.59. The third kappa shape index (κ3) is 4.07. The van der Waals surface area contributed by atoms with Crippen molar-refractivity contribution in [3.8, 4) is 0 Å². The topological polar surface area (TPSA) is 81.2 Å². The van der Waals surface area contributed by atoms with Gasteiger partial charge in [-0.05, 0) is 38.8 Å². The van der Waals surface area contributed by atoms with Gasteiger partial charge in [0.2, 0.25) is 5.91 Å². The minimum atomic E-state index is -0.0374. The van der Waals surface area contributed by atoms with Crippen molar-refractivity contribution in [2.75, 3.05) is 13.1 Å². The number of aromatic nitrogens is 3. The molecule has 29 heavy (non-hydrogen) atoms. The van der Waals surface area contributed by atoms with E-state index < -0.39 is 0 Å². The predicted octanol–water partition coefficient (Wildman–Crippen LogP) is 3.31. The molecule has 1 fully saturated rings. The number of nitrogens with zero attached hydrogens (tertiary/aromatic N) is 4. The molecule has 2 aromatic heterocycles.